The molecule has 3 N–H and O–H groups in total. The fourth-order valence-corrected chi connectivity index (χ4v) is 1.90. The van der Waals surface area contributed by atoms with Crippen molar-refractivity contribution in [3.05, 3.63) is 11.8 Å². The van der Waals surface area contributed by atoms with Gasteiger partial charge in [0.1, 0.15) is 12.4 Å². The van der Waals surface area contributed by atoms with E-state index in [1.807, 2.05) is 0 Å². The number of carboxylic acid groups (broad SMARTS) is 1. The van der Waals surface area contributed by atoms with E-state index < -0.39 is 5.97 Å². The molecule has 0 unspecified atom stereocenters. The minimum absolute atomic E-state index is 0.185. The molecule has 0 saturated carbocycles. The van der Waals surface area contributed by atoms with Crippen LogP contribution in [0.4, 0.5) is 5.82 Å². The maximum absolute atomic E-state index is 10.6. The molecule has 88 valence electrons. The Morgan fingerprint density at radius 1 is 1.62 bits per heavy atom. The first-order valence-electron chi connectivity index (χ1n) is 5.29. The molecule has 0 atom stereocenters. The molecule has 0 amide bonds. The predicted molar refractivity (Wildman–Crippen MR) is 57.1 cm³/mol. The molecule has 16 heavy (non-hydrogen) atoms. The van der Waals surface area contributed by atoms with Crippen LogP contribution in [0.2, 0.25) is 0 Å². The number of aromatic nitrogens is 2. The highest BCUT2D eigenvalue weighted by atomic mass is 16.5. The van der Waals surface area contributed by atoms with Crippen LogP contribution in [0, 0.1) is 0 Å². The molecule has 1 fully saturated rings. The first-order valence-corrected chi connectivity index (χ1v) is 5.29. The predicted octanol–water partition coefficient (Wildman–Crippen LogP) is 0.444. The van der Waals surface area contributed by atoms with Crippen LogP contribution in [0.1, 0.15) is 24.5 Å². The number of ether oxygens (including phenoxy) is 1. The van der Waals surface area contributed by atoms with E-state index in [9.17, 15) is 4.79 Å². The minimum Gasteiger partial charge on any atom is -0.480 e. The second kappa shape index (κ2) is 4.52. The number of nitrogens with two attached hydrogens (primary N) is 1. The summed E-state index contributed by atoms with van der Waals surface area (Å²) in [6.07, 6.45) is 1.84. The molecule has 2 rings (SSSR count). The van der Waals surface area contributed by atoms with E-state index in [-0.39, 0.29) is 6.54 Å². The molecule has 1 aromatic heterocycles. The zero-order valence-corrected chi connectivity index (χ0v) is 8.93. The summed E-state index contributed by atoms with van der Waals surface area (Å²) in [5.41, 5.74) is 6.58. The number of anilines is 1. The van der Waals surface area contributed by atoms with Gasteiger partial charge in [0, 0.05) is 25.2 Å². The van der Waals surface area contributed by atoms with Gasteiger partial charge in [0.15, 0.2) is 0 Å². The standard InChI is InChI=1S/C10H15N3O3/c11-9-5-8(7-1-3-16-4-2-7)12-13(9)6-10(14)15/h5,7H,1-4,6,11H2,(H,14,15). The lowest BCUT2D eigenvalue weighted by Gasteiger charge is -2.19. The number of nitrogen functional groups attached to an aromatic ring is 1. The van der Waals surface area contributed by atoms with Gasteiger partial charge in [-0.15, -0.1) is 0 Å². The van der Waals surface area contributed by atoms with Gasteiger partial charge in [-0.05, 0) is 12.8 Å². The molecule has 6 heteroatoms. The lowest BCUT2D eigenvalue weighted by molar-refractivity contribution is -0.137. The molecule has 1 saturated heterocycles. The third kappa shape index (κ3) is 2.33. The van der Waals surface area contributed by atoms with Gasteiger partial charge in [0.25, 0.3) is 0 Å². The van der Waals surface area contributed by atoms with E-state index in [4.69, 9.17) is 15.6 Å². The van der Waals surface area contributed by atoms with Crippen LogP contribution in [0.25, 0.3) is 0 Å². The average molecular weight is 225 g/mol. The van der Waals surface area contributed by atoms with Gasteiger partial charge >= 0.3 is 5.97 Å². The second-order valence-corrected chi connectivity index (χ2v) is 3.93. The third-order valence-electron chi connectivity index (χ3n) is 2.75. The third-order valence-corrected chi connectivity index (χ3v) is 2.75. The van der Waals surface area contributed by atoms with E-state index in [0.29, 0.717) is 11.7 Å². The Hall–Kier alpha value is -1.56. The summed E-state index contributed by atoms with van der Waals surface area (Å²) in [7, 11) is 0. The van der Waals surface area contributed by atoms with Crippen LogP contribution in [-0.4, -0.2) is 34.1 Å². The first-order chi connectivity index (χ1) is 7.66. The molecular weight excluding hydrogens is 210 g/mol. The number of hydrogen-bond donors (Lipinski definition) is 2. The maximum atomic E-state index is 10.6. The molecule has 0 bridgehead atoms. The first kappa shape index (κ1) is 10.9. The van der Waals surface area contributed by atoms with E-state index >= 15 is 0 Å². The fraction of sp³-hybridized carbons (Fsp3) is 0.600. The molecular formula is C10H15N3O3. The summed E-state index contributed by atoms with van der Waals surface area (Å²) < 4.78 is 6.59. The van der Waals surface area contributed by atoms with Crippen molar-refractivity contribution in [3.63, 3.8) is 0 Å². The zero-order valence-electron chi connectivity index (χ0n) is 8.93. The van der Waals surface area contributed by atoms with Gasteiger partial charge in [-0.25, -0.2) is 4.68 Å². The Balaban J connectivity index is 2.12. The van der Waals surface area contributed by atoms with E-state index in [2.05, 4.69) is 5.10 Å². The van der Waals surface area contributed by atoms with Crippen LogP contribution in [-0.2, 0) is 16.1 Å². The van der Waals surface area contributed by atoms with Crippen molar-refractivity contribution in [1.82, 2.24) is 9.78 Å². The van der Waals surface area contributed by atoms with Gasteiger partial charge in [0.05, 0.1) is 5.69 Å². The molecule has 1 aromatic rings. The largest absolute Gasteiger partial charge is 0.480 e. The van der Waals surface area contributed by atoms with Crippen LogP contribution < -0.4 is 5.73 Å². The maximum Gasteiger partial charge on any atom is 0.325 e. The molecule has 0 aliphatic carbocycles. The van der Waals surface area contributed by atoms with Crippen molar-refractivity contribution in [1.29, 1.82) is 0 Å². The average Bonchev–Trinajstić information content (AvgIpc) is 2.61. The van der Waals surface area contributed by atoms with E-state index in [1.165, 1.54) is 4.68 Å². The van der Waals surface area contributed by atoms with Crippen LogP contribution in [0.15, 0.2) is 6.07 Å². The molecule has 1 aliphatic rings. The molecule has 1 aliphatic heterocycles. The summed E-state index contributed by atoms with van der Waals surface area (Å²) in [6, 6.07) is 1.76. The monoisotopic (exact) mass is 225 g/mol. The van der Waals surface area contributed by atoms with Crippen LogP contribution in [0.5, 0.6) is 0 Å². The summed E-state index contributed by atoms with van der Waals surface area (Å²) in [6.45, 7) is 1.28. The molecule has 6 nitrogen and oxygen atoms in total. The van der Waals surface area contributed by atoms with E-state index in [0.717, 1.165) is 31.7 Å². The van der Waals surface area contributed by atoms with Crippen LogP contribution >= 0.6 is 0 Å². The lowest BCUT2D eigenvalue weighted by atomic mass is 9.97. The minimum atomic E-state index is -0.937. The molecule has 0 aromatic carbocycles. The van der Waals surface area contributed by atoms with Crippen molar-refractivity contribution in [2.75, 3.05) is 18.9 Å². The highest BCUT2D eigenvalue weighted by Gasteiger charge is 2.20. The Morgan fingerprint density at radius 2 is 2.31 bits per heavy atom. The van der Waals surface area contributed by atoms with Gasteiger partial charge in [-0.2, -0.15) is 5.10 Å². The number of carboxylic acids is 1. The quantitative estimate of drug-likeness (QED) is 0.779. The Morgan fingerprint density at radius 3 is 2.94 bits per heavy atom. The SMILES string of the molecule is Nc1cc(C2CCOCC2)nn1CC(=O)O. The highest BCUT2D eigenvalue weighted by molar-refractivity contribution is 5.67. The van der Waals surface area contributed by atoms with Gasteiger partial charge in [-0.3, -0.25) is 4.79 Å². The van der Waals surface area contributed by atoms with Crippen molar-refractivity contribution < 1.29 is 14.6 Å². The van der Waals surface area contributed by atoms with Crippen molar-refractivity contribution in [2.24, 2.45) is 0 Å². The van der Waals surface area contributed by atoms with Gasteiger partial charge in [-0.1, -0.05) is 0 Å². The molecule has 2 heterocycles. The van der Waals surface area contributed by atoms with Crippen LogP contribution in [0.3, 0.4) is 0 Å². The van der Waals surface area contributed by atoms with Gasteiger partial charge in [0.2, 0.25) is 0 Å². The smallest absolute Gasteiger partial charge is 0.325 e. The van der Waals surface area contributed by atoms with Crippen molar-refractivity contribution in [2.45, 2.75) is 25.3 Å². The Kier molecular flexibility index (Phi) is 3.09. The molecule has 0 spiro atoms. The Bertz CT molecular complexity index is 383. The second-order valence-electron chi connectivity index (χ2n) is 3.93. The zero-order chi connectivity index (χ0) is 11.5. The summed E-state index contributed by atoms with van der Waals surface area (Å²) in [5.74, 6) is -0.191. The summed E-state index contributed by atoms with van der Waals surface area (Å²) >= 11 is 0. The number of nitrogens with zero attached hydrogens (tertiary/aromatic N) is 2. The number of rotatable bonds is 3. The Labute approximate surface area is 93.0 Å². The normalized spacial score (nSPS) is 17.5. The van der Waals surface area contributed by atoms with Gasteiger partial charge < -0.3 is 15.6 Å². The summed E-state index contributed by atoms with van der Waals surface area (Å²) in [4.78, 5) is 10.6. The lowest BCUT2D eigenvalue weighted by Crippen LogP contribution is -2.16. The topological polar surface area (TPSA) is 90.4 Å². The van der Waals surface area contributed by atoms with Crippen molar-refractivity contribution >= 4 is 11.8 Å². The molecule has 0 radical (unpaired) electrons. The number of hydrogen-bond acceptors (Lipinski definition) is 4. The highest BCUT2D eigenvalue weighted by Crippen LogP contribution is 2.26. The fourth-order valence-electron chi connectivity index (χ4n) is 1.90. The van der Waals surface area contributed by atoms with Crippen molar-refractivity contribution in [3.8, 4) is 0 Å². The number of carbonyl (C=O) groups is 1. The number of aliphatic carboxylic acids is 1. The van der Waals surface area contributed by atoms with E-state index in [1.54, 1.807) is 6.07 Å². The summed E-state index contributed by atoms with van der Waals surface area (Å²) in [5, 5.41) is 12.9.